The van der Waals surface area contributed by atoms with Gasteiger partial charge in [-0.25, -0.2) is 0 Å². The summed E-state index contributed by atoms with van der Waals surface area (Å²) < 4.78 is 5.14. The molecule has 0 radical (unpaired) electrons. The van der Waals surface area contributed by atoms with Crippen molar-refractivity contribution in [2.45, 2.75) is 12.3 Å². The van der Waals surface area contributed by atoms with Crippen molar-refractivity contribution >= 4 is 5.78 Å². The molecule has 0 unspecified atom stereocenters. The summed E-state index contributed by atoms with van der Waals surface area (Å²) in [7, 11) is 1.64. The Kier molecular flexibility index (Phi) is 2.63. The maximum absolute atomic E-state index is 12.3. The van der Waals surface area contributed by atoms with Crippen LogP contribution in [0.25, 0.3) is 0 Å². The van der Waals surface area contributed by atoms with Crippen molar-refractivity contribution < 1.29 is 9.53 Å². The number of Topliss-reactive ketones (excluding diaryl/α,β-unsaturated/α-hetero) is 1. The summed E-state index contributed by atoms with van der Waals surface area (Å²) in [5.41, 5.74) is 3.10. The number of carbonyl (C=O) groups is 1. The number of ether oxygens (including phenoxy) is 1. The predicted octanol–water partition coefficient (Wildman–Crippen LogP) is 3.22. The van der Waals surface area contributed by atoms with E-state index in [1.165, 1.54) is 0 Å². The molecule has 2 heteroatoms. The molecule has 0 aliphatic heterocycles. The molecular formula is C16H14O2. The van der Waals surface area contributed by atoms with Gasteiger partial charge in [-0.3, -0.25) is 4.79 Å². The predicted molar refractivity (Wildman–Crippen MR) is 70.2 cm³/mol. The van der Waals surface area contributed by atoms with E-state index in [4.69, 9.17) is 4.74 Å². The van der Waals surface area contributed by atoms with Crippen LogP contribution in [0.1, 0.15) is 27.4 Å². The fourth-order valence-electron chi connectivity index (χ4n) is 2.54. The van der Waals surface area contributed by atoms with E-state index in [1.54, 1.807) is 7.11 Å². The van der Waals surface area contributed by atoms with Gasteiger partial charge in [0.05, 0.1) is 13.0 Å². The highest BCUT2D eigenvalue weighted by atomic mass is 16.5. The van der Waals surface area contributed by atoms with Gasteiger partial charge < -0.3 is 4.74 Å². The molecule has 0 bridgehead atoms. The summed E-state index contributed by atoms with van der Waals surface area (Å²) in [6, 6.07) is 15.6. The Hall–Kier alpha value is -2.09. The van der Waals surface area contributed by atoms with Crippen molar-refractivity contribution in [2.75, 3.05) is 7.11 Å². The van der Waals surface area contributed by atoms with E-state index in [0.717, 1.165) is 28.9 Å². The molecule has 3 rings (SSSR count). The van der Waals surface area contributed by atoms with Crippen LogP contribution in [0.2, 0.25) is 0 Å². The highest BCUT2D eigenvalue weighted by Gasteiger charge is 2.30. The van der Waals surface area contributed by atoms with Crippen molar-refractivity contribution in [3.8, 4) is 5.75 Å². The van der Waals surface area contributed by atoms with Crippen LogP contribution >= 0.6 is 0 Å². The molecule has 2 nitrogen and oxygen atoms in total. The van der Waals surface area contributed by atoms with Crippen LogP contribution in [0, 0.1) is 0 Å². The van der Waals surface area contributed by atoms with Crippen molar-refractivity contribution in [1.82, 2.24) is 0 Å². The molecule has 0 heterocycles. The largest absolute Gasteiger partial charge is 0.497 e. The average molecular weight is 238 g/mol. The van der Waals surface area contributed by atoms with Crippen molar-refractivity contribution in [2.24, 2.45) is 0 Å². The van der Waals surface area contributed by atoms with Crippen LogP contribution < -0.4 is 4.74 Å². The first-order valence-electron chi connectivity index (χ1n) is 6.05. The quantitative estimate of drug-likeness (QED) is 0.803. The molecule has 18 heavy (non-hydrogen) atoms. The van der Waals surface area contributed by atoms with E-state index in [1.807, 2.05) is 48.5 Å². The molecule has 0 aromatic heterocycles. The third-order valence-corrected chi connectivity index (χ3v) is 3.54. The number of carbonyl (C=O) groups excluding carboxylic acids is 1. The molecule has 1 aliphatic carbocycles. The lowest BCUT2D eigenvalue weighted by atomic mass is 9.95. The third kappa shape index (κ3) is 1.70. The molecule has 0 saturated carbocycles. The van der Waals surface area contributed by atoms with Gasteiger partial charge in [0.15, 0.2) is 5.78 Å². The maximum atomic E-state index is 12.3. The fraction of sp³-hybridized carbons (Fsp3) is 0.188. The average Bonchev–Trinajstić information content (AvgIpc) is 2.77. The Morgan fingerprint density at radius 2 is 1.78 bits per heavy atom. The Balaban J connectivity index is 1.93. The molecule has 1 aliphatic rings. The van der Waals surface area contributed by atoms with Crippen molar-refractivity contribution in [1.29, 1.82) is 0 Å². The Bertz CT molecular complexity index is 584. The Labute approximate surface area is 106 Å². The van der Waals surface area contributed by atoms with E-state index in [0.29, 0.717) is 0 Å². The zero-order valence-electron chi connectivity index (χ0n) is 10.2. The number of benzene rings is 2. The number of hydrogen-bond acceptors (Lipinski definition) is 2. The van der Waals surface area contributed by atoms with Gasteiger partial charge in [-0.15, -0.1) is 0 Å². The van der Waals surface area contributed by atoms with Crippen LogP contribution in [0.4, 0.5) is 0 Å². The van der Waals surface area contributed by atoms with E-state index < -0.39 is 0 Å². The maximum Gasteiger partial charge on any atom is 0.170 e. The fourth-order valence-corrected chi connectivity index (χ4v) is 2.54. The van der Waals surface area contributed by atoms with Gasteiger partial charge in [-0.05, 0) is 29.7 Å². The lowest BCUT2D eigenvalue weighted by Crippen LogP contribution is -2.06. The summed E-state index contributed by atoms with van der Waals surface area (Å²) in [4.78, 5) is 12.3. The highest BCUT2D eigenvalue weighted by Crippen LogP contribution is 2.34. The first-order valence-corrected chi connectivity index (χ1v) is 6.05. The van der Waals surface area contributed by atoms with Gasteiger partial charge in [-0.2, -0.15) is 0 Å². The van der Waals surface area contributed by atoms with Crippen LogP contribution in [-0.2, 0) is 6.42 Å². The molecule has 1 atom stereocenters. The molecule has 0 spiro atoms. The van der Waals surface area contributed by atoms with Crippen molar-refractivity contribution in [3.05, 3.63) is 65.2 Å². The highest BCUT2D eigenvalue weighted by molar-refractivity contribution is 6.05. The normalized spacial score (nSPS) is 17.6. The van der Waals surface area contributed by atoms with Gasteiger partial charge in [0.25, 0.3) is 0 Å². The summed E-state index contributed by atoms with van der Waals surface area (Å²) in [6.45, 7) is 0. The number of methoxy groups -OCH3 is 1. The van der Waals surface area contributed by atoms with Gasteiger partial charge in [0.1, 0.15) is 5.75 Å². The minimum Gasteiger partial charge on any atom is -0.497 e. The van der Waals surface area contributed by atoms with E-state index in [9.17, 15) is 4.79 Å². The number of rotatable bonds is 2. The second-order valence-corrected chi connectivity index (χ2v) is 4.55. The van der Waals surface area contributed by atoms with Crippen LogP contribution in [0.5, 0.6) is 5.75 Å². The van der Waals surface area contributed by atoms with Gasteiger partial charge in [-0.1, -0.05) is 36.4 Å². The lowest BCUT2D eigenvalue weighted by molar-refractivity contribution is 0.0973. The number of hydrogen-bond donors (Lipinski definition) is 0. The summed E-state index contributed by atoms with van der Waals surface area (Å²) >= 11 is 0. The molecular weight excluding hydrogens is 224 g/mol. The van der Waals surface area contributed by atoms with Gasteiger partial charge in [0.2, 0.25) is 0 Å². The lowest BCUT2D eigenvalue weighted by Gasteiger charge is -2.09. The smallest absolute Gasteiger partial charge is 0.170 e. The second kappa shape index (κ2) is 4.30. The molecule has 2 aromatic carbocycles. The number of fused-ring (bicyclic) bond motifs is 1. The van der Waals surface area contributed by atoms with E-state index in [-0.39, 0.29) is 11.7 Å². The summed E-state index contributed by atoms with van der Waals surface area (Å²) in [5, 5.41) is 0. The van der Waals surface area contributed by atoms with E-state index >= 15 is 0 Å². The Morgan fingerprint density at radius 1 is 1.06 bits per heavy atom. The molecule has 0 fully saturated rings. The monoisotopic (exact) mass is 238 g/mol. The minimum atomic E-state index is -0.0340. The zero-order chi connectivity index (χ0) is 12.5. The van der Waals surface area contributed by atoms with Crippen LogP contribution in [-0.4, -0.2) is 12.9 Å². The van der Waals surface area contributed by atoms with Crippen molar-refractivity contribution in [3.63, 3.8) is 0 Å². The third-order valence-electron chi connectivity index (χ3n) is 3.54. The summed E-state index contributed by atoms with van der Waals surface area (Å²) in [5.74, 6) is 1.02. The molecule has 0 saturated heterocycles. The second-order valence-electron chi connectivity index (χ2n) is 4.55. The van der Waals surface area contributed by atoms with Crippen LogP contribution in [0.15, 0.2) is 48.5 Å². The molecule has 0 N–H and O–H groups in total. The first kappa shape index (κ1) is 11.0. The van der Waals surface area contributed by atoms with Crippen LogP contribution in [0.3, 0.4) is 0 Å². The van der Waals surface area contributed by atoms with Gasteiger partial charge in [0, 0.05) is 5.56 Å². The topological polar surface area (TPSA) is 26.3 Å². The molecule has 2 aromatic rings. The zero-order valence-corrected chi connectivity index (χ0v) is 10.2. The van der Waals surface area contributed by atoms with E-state index in [2.05, 4.69) is 0 Å². The summed E-state index contributed by atoms with van der Waals surface area (Å²) in [6.07, 6.45) is 0.807. The SMILES string of the molecule is COc1ccc([C@@H]2Cc3ccccc3C2=O)cc1. The Morgan fingerprint density at radius 3 is 2.44 bits per heavy atom. The first-order chi connectivity index (χ1) is 8.79. The van der Waals surface area contributed by atoms with Gasteiger partial charge >= 0.3 is 0 Å². The molecule has 90 valence electrons. The minimum absolute atomic E-state index is 0.0340. The standard InChI is InChI=1S/C16H14O2/c1-18-13-8-6-11(7-9-13)15-10-12-4-2-3-5-14(12)16(15)17/h2-9,15H,10H2,1H3/t15-/m0/s1. The molecule has 0 amide bonds. The number of ketones is 1.